The molecule has 1 saturated heterocycles. The Morgan fingerprint density at radius 1 is 1.30 bits per heavy atom. The van der Waals surface area contributed by atoms with Crippen LogP contribution in [0, 0.1) is 11.3 Å². The fourth-order valence-corrected chi connectivity index (χ4v) is 4.52. The van der Waals surface area contributed by atoms with Crippen molar-refractivity contribution in [2.45, 2.75) is 25.0 Å². The van der Waals surface area contributed by atoms with Crippen LogP contribution in [0.1, 0.15) is 12.8 Å². The maximum absolute atomic E-state index is 6.14. The second-order valence-electron chi connectivity index (χ2n) is 6.58. The zero-order valence-electron chi connectivity index (χ0n) is 11.5. The highest BCUT2D eigenvalue weighted by Crippen LogP contribution is 2.71. The van der Waals surface area contributed by atoms with Crippen LogP contribution in [0.3, 0.4) is 0 Å². The Kier molecular flexibility index (Phi) is 1.93. The number of pyridine rings is 2. The topological polar surface area (TPSA) is 38.2 Å². The molecule has 4 unspecified atom stereocenters. The molecule has 2 saturated carbocycles. The van der Waals surface area contributed by atoms with Gasteiger partial charge in [-0.05, 0) is 49.4 Å². The van der Waals surface area contributed by atoms with Crippen LogP contribution in [0.2, 0.25) is 0 Å². The van der Waals surface area contributed by atoms with E-state index in [-0.39, 0.29) is 0 Å². The number of rotatable bonds is 2. The molecule has 5 rings (SSSR count). The number of hydrogen-bond donors (Lipinski definition) is 0. The van der Waals surface area contributed by atoms with Gasteiger partial charge in [0.25, 0.3) is 0 Å². The largest absolute Gasteiger partial charge is 0.473 e. The molecule has 102 valence electrons. The van der Waals surface area contributed by atoms with Gasteiger partial charge in [0.1, 0.15) is 6.10 Å². The Balaban J connectivity index is 1.41. The maximum atomic E-state index is 6.14. The van der Waals surface area contributed by atoms with E-state index in [2.05, 4.69) is 21.9 Å². The van der Waals surface area contributed by atoms with Crippen LogP contribution in [0.15, 0.2) is 30.5 Å². The lowest BCUT2D eigenvalue weighted by Gasteiger charge is -2.46. The van der Waals surface area contributed by atoms with E-state index in [0.717, 1.165) is 17.0 Å². The number of ether oxygens (including phenoxy) is 1. The third kappa shape index (κ3) is 1.30. The van der Waals surface area contributed by atoms with E-state index >= 15 is 0 Å². The van der Waals surface area contributed by atoms with Crippen LogP contribution >= 0.6 is 0 Å². The maximum Gasteiger partial charge on any atom is 0.215 e. The molecule has 20 heavy (non-hydrogen) atoms. The molecule has 0 aromatic carbocycles. The normalized spacial score (nSPS) is 38.1. The summed E-state index contributed by atoms with van der Waals surface area (Å²) in [6.45, 7) is 1.25. The highest BCUT2D eigenvalue weighted by Gasteiger charge is 2.74. The van der Waals surface area contributed by atoms with Crippen molar-refractivity contribution < 1.29 is 4.74 Å². The van der Waals surface area contributed by atoms with E-state index in [4.69, 9.17) is 4.74 Å². The third-order valence-electron chi connectivity index (χ3n) is 5.50. The summed E-state index contributed by atoms with van der Waals surface area (Å²) in [5.41, 5.74) is 1.37. The van der Waals surface area contributed by atoms with E-state index in [1.165, 1.54) is 19.4 Å². The second kappa shape index (κ2) is 3.50. The first-order valence-electron chi connectivity index (χ1n) is 7.35. The summed E-state index contributed by atoms with van der Waals surface area (Å²) >= 11 is 0. The quantitative estimate of drug-likeness (QED) is 0.835. The molecule has 0 amide bonds. The zero-order valence-corrected chi connectivity index (χ0v) is 11.5. The Labute approximate surface area is 117 Å². The van der Waals surface area contributed by atoms with Gasteiger partial charge in [-0.1, -0.05) is 0 Å². The van der Waals surface area contributed by atoms with Gasteiger partial charge in [-0.15, -0.1) is 0 Å². The number of nitrogens with zero attached hydrogens (tertiary/aromatic N) is 3. The lowest BCUT2D eigenvalue weighted by atomic mass is 9.73. The molecule has 3 heterocycles. The van der Waals surface area contributed by atoms with Crippen LogP contribution < -0.4 is 4.74 Å². The highest BCUT2D eigenvalue weighted by atomic mass is 16.5. The second-order valence-corrected chi connectivity index (χ2v) is 6.58. The van der Waals surface area contributed by atoms with E-state index in [9.17, 15) is 0 Å². The lowest BCUT2D eigenvalue weighted by molar-refractivity contribution is -0.0339. The van der Waals surface area contributed by atoms with Gasteiger partial charge in [0.15, 0.2) is 5.65 Å². The molecule has 3 aliphatic rings. The molecule has 2 aliphatic carbocycles. The first kappa shape index (κ1) is 11.0. The van der Waals surface area contributed by atoms with E-state index < -0.39 is 0 Å². The summed E-state index contributed by atoms with van der Waals surface area (Å²) in [5, 5.41) is 1.06. The van der Waals surface area contributed by atoms with Crippen molar-refractivity contribution in [1.29, 1.82) is 0 Å². The highest BCUT2D eigenvalue weighted by molar-refractivity contribution is 5.74. The molecule has 4 heteroatoms. The number of likely N-dealkylation sites (tertiary alicyclic amines) is 1. The number of piperidine rings is 1. The molecule has 4 nitrogen and oxygen atoms in total. The molecule has 4 atom stereocenters. The Bertz CT molecular complexity index is 703. The van der Waals surface area contributed by atoms with Gasteiger partial charge >= 0.3 is 0 Å². The SMILES string of the molecule is CN1CC2CC23CC(Oc2ccc4cccnc4n2)C13. The van der Waals surface area contributed by atoms with Crippen LogP contribution in [-0.4, -0.2) is 40.6 Å². The van der Waals surface area contributed by atoms with Gasteiger partial charge in [-0.2, -0.15) is 4.98 Å². The van der Waals surface area contributed by atoms with Gasteiger partial charge in [-0.25, -0.2) is 4.98 Å². The Morgan fingerprint density at radius 2 is 2.25 bits per heavy atom. The minimum Gasteiger partial charge on any atom is -0.473 e. The van der Waals surface area contributed by atoms with Crippen molar-refractivity contribution >= 4 is 11.0 Å². The zero-order chi connectivity index (χ0) is 13.3. The summed E-state index contributed by atoms with van der Waals surface area (Å²) in [4.78, 5) is 11.3. The average Bonchev–Trinajstić information content (AvgIpc) is 3.08. The van der Waals surface area contributed by atoms with E-state index in [1.54, 1.807) is 6.20 Å². The molecule has 2 aromatic heterocycles. The van der Waals surface area contributed by atoms with Gasteiger partial charge in [0.05, 0.1) is 6.04 Å². The predicted octanol–water partition coefficient (Wildman–Crippen LogP) is 2.10. The fourth-order valence-electron chi connectivity index (χ4n) is 4.52. The van der Waals surface area contributed by atoms with Crippen molar-refractivity contribution in [1.82, 2.24) is 14.9 Å². The van der Waals surface area contributed by atoms with Crippen LogP contribution in [0.25, 0.3) is 11.0 Å². The molecule has 1 aliphatic heterocycles. The van der Waals surface area contributed by atoms with Crippen molar-refractivity contribution in [2.75, 3.05) is 13.6 Å². The molecule has 0 bridgehead atoms. The molecule has 2 aromatic rings. The summed E-state index contributed by atoms with van der Waals surface area (Å²) in [5.74, 6) is 1.65. The van der Waals surface area contributed by atoms with Crippen LogP contribution in [0.4, 0.5) is 0 Å². The minimum atomic E-state index is 0.307. The minimum absolute atomic E-state index is 0.307. The van der Waals surface area contributed by atoms with Crippen LogP contribution in [0.5, 0.6) is 5.88 Å². The Morgan fingerprint density at radius 3 is 3.15 bits per heavy atom. The first-order valence-corrected chi connectivity index (χ1v) is 7.35. The Hall–Kier alpha value is -1.68. The third-order valence-corrected chi connectivity index (χ3v) is 5.50. The van der Waals surface area contributed by atoms with Gasteiger partial charge < -0.3 is 4.74 Å². The first-order chi connectivity index (χ1) is 9.76. The van der Waals surface area contributed by atoms with Gasteiger partial charge in [-0.3, -0.25) is 4.90 Å². The number of aromatic nitrogens is 2. The summed E-state index contributed by atoms with van der Waals surface area (Å²) in [7, 11) is 2.23. The van der Waals surface area contributed by atoms with Crippen molar-refractivity contribution in [3.63, 3.8) is 0 Å². The van der Waals surface area contributed by atoms with Crippen molar-refractivity contribution in [3.8, 4) is 5.88 Å². The molecule has 0 radical (unpaired) electrons. The molecular weight excluding hydrogens is 250 g/mol. The standard InChI is InChI=1S/C16H17N3O/c1-19-9-11-7-16(11)8-12(14(16)19)20-13-5-4-10-3-2-6-17-15(10)18-13/h2-6,11-12,14H,7-9H2,1H3. The van der Waals surface area contributed by atoms with Crippen LogP contribution in [-0.2, 0) is 0 Å². The lowest BCUT2D eigenvalue weighted by Crippen LogP contribution is -2.56. The van der Waals surface area contributed by atoms with Crippen molar-refractivity contribution in [3.05, 3.63) is 30.5 Å². The van der Waals surface area contributed by atoms with Gasteiger partial charge in [0.2, 0.25) is 5.88 Å². The fraction of sp³-hybridized carbons (Fsp3) is 0.500. The molecule has 0 N–H and O–H groups in total. The summed E-state index contributed by atoms with van der Waals surface area (Å²) in [6, 6.07) is 8.57. The summed E-state index contributed by atoms with van der Waals surface area (Å²) in [6.07, 6.45) is 4.70. The number of likely N-dealkylation sites (N-methyl/N-ethyl adjacent to an activating group) is 1. The smallest absolute Gasteiger partial charge is 0.215 e. The molecular formula is C16H17N3O. The summed E-state index contributed by atoms with van der Waals surface area (Å²) < 4.78 is 6.14. The van der Waals surface area contributed by atoms with Gasteiger partial charge in [0, 0.05) is 24.2 Å². The molecule has 3 fully saturated rings. The number of fused-ring (bicyclic) bond motifs is 1. The average molecular weight is 267 g/mol. The monoisotopic (exact) mass is 267 g/mol. The van der Waals surface area contributed by atoms with E-state index in [1.807, 2.05) is 24.3 Å². The molecule has 1 spiro atoms. The van der Waals surface area contributed by atoms with E-state index in [0.29, 0.717) is 23.4 Å². The number of hydrogen-bond acceptors (Lipinski definition) is 4. The predicted molar refractivity (Wildman–Crippen MR) is 75.5 cm³/mol. The van der Waals surface area contributed by atoms with Crippen molar-refractivity contribution in [2.24, 2.45) is 11.3 Å².